The third-order valence-corrected chi connectivity index (χ3v) is 10.8. The van der Waals surface area contributed by atoms with E-state index in [0.717, 1.165) is 5.56 Å². The Bertz CT molecular complexity index is 1200. The first-order valence-corrected chi connectivity index (χ1v) is 13.1. The number of ether oxygens (including phenoxy) is 4. The Morgan fingerprint density at radius 2 is 1.76 bits per heavy atom. The van der Waals surface area contributed by atoms with Crippen LogP contribution in [0.15, 0.2) is 23.0 Å². The van der Waals surface area contributed by atoms with Crippen molar-refractivity contribution in [2.45, 2.75) is 96.7 Å². The zero-order valence-corrected chi connectivity index (χ0v) is 22.1. The zero-order valence-electron chi connectivity index (χ0n) is 22.1. The molecule has 37 heavy (non-hydrogen) atoms. The molecule has 2 saturated carbocycles. The maximum Gasteiger partial charge on any atom is 0.339 e. The van der Waals surface area contributed by atoms with Gasteiger partial charge in [0.05, 0.1) is 24.4 Å². The minimum Gasteiger partial charge on any atom is -0.472 e. The molecule has 0 N–H and O–H groups in total. The van der Waals surface area contributed by atoms with E-state index in [1.807, 2.05) is 34.6 Å². The normalized spacial score (nSPS) is 47.7. The van der Waals surface area contributed by atoms with E-state index in [4.69, 9.17) is 23.4 Å². The second kappa shape index (κ2) is 7.24. The summed E-state index contributed by atoms with van der Waals surface area (Å²) in [6.45, 7) is 11.0. The molecule has 3 saturated heterocycles. The Labute approximate surface area is 215 Å². The van der Waals surface area contributed by atoms with Crippen molar-refractivity contribution in [1.29, 1.82) is 0 Å². The Morgan fingerprint density at radius 1 is 1.03 bits per heavy atom. The van der Waals surface area contributed by atoms with Crippen molar-refractivity contribution in [2.75, 3.05) is 0 Å². The van der Waals surface area contributed by atoms with Crippen molar-refractivity contribution in [3.8, 4) is 0 Å². The third kappa shape index (κ3) is 2.79. The van der Waals surface area contributed by atoms with E-state index in [9.17, 15) is 19.2 Å². The van der Waals surface area contributed by atoms with E-state index < -0.39 is 63.7 Å². The molecule has 1 aromatic rings. The highest BCUT2D eigenvalue weighted by Gasteiger charge is 2.88. The minimum atomic E-state index is -1.09. The first kappa shape index (κ1) is 24.6. The van der Waals surface area contributed by atoms with Crippen molar-refractivity contribution >= 4 is 23.7 Å². The molecule has 9 heteroatoms. The predicted octanol–water partition coefficient (Wildman–Crippen LogP) is 3.69. The number of furan rings is 1. The number of Topliss-reactive ketones (excluding diaryl/α,β-unsaturated/α-hetero) is 1. The van der Waals surface area contributed by atoms with Gasteiger partial charge in [-0.2, -0.15) is 0 Å². The lowest BCUT2D eigenvalue weighted by Crippen LogP contribution is -2.72. The van der Waals surface area contributed by atoms with Gasteiger partial charge >= 0.3 is 17.9 Å². The van der Waals surface area contributed by atoms with E-state index in [-0.39, 0.29) is 30.5 Å². The van der Waals surface area contributed by atoms with Gasteiger partial charge in [0, 0.05) is 35.7 Å². The summed E-state index contributed by atoms with van der Waals surface area (Å²) < 4.78 is 29.3. The number of hydrogen-bond acceptors (Lipinski definition) is 9. The molecule has 0 bridgehead atoms. The molecule has 0 radical (unpaired) electrons. The molecular weight excluding hydrogens is 480 g/mol. The second-order valence-electron chi connectivity index (χ2n) is 12.7. The van der Waals surface area contributed by atoms with Crippen LogP contribution in [-0.4, -0.2) is 47.1 Å². The van der Waals surface area contributed by atoms with Gasteiger partial charge in [-0.3, -0.25) is 14.4 Å². The van der Waals surface area contributed by atoms with Gasteiger partial charge < -0.3 is 23.4 Å². The quantitative estimate of drug-likeness (QED) is 0.330. The Balaban J connectivity index is 1.54. The summed E-state index contributed by atoms with van der Waals surface area (Å²) in [6.07, 6.45) is 2.06. The number of ketones is 1. The van der Waals surface area contributed by atoms with Crippen LogP contribution in [0.4, 0.5) is 0 Å². The molecular formula is C28H34O9. The molecule has 9 atom stereocenters. The van der Waals surface area contributed by atoms with Crippen LogP contribution < -0.4 is 0 Å². The summed E-state index contributed by atoms with van der Waals surface area (Å²) in [5.41, 5.74) is -3.88. The molecule has 1 spiro atoms. The van der Waals surface area contributed by atoms with Gasteiger partial charge in [0.15, 0.2) is 6.10 Å². The van der Waals surface area contributed by atoms with Crippen molar-refractivity contribution < 1.29 is 42.5 Å². The van der Waals surface area contributed by atoms with Crippen LogP contribution in [0.2, 0.25) is 0 Å². The Kier molecular flexibility index (Phi) is 4.82. The number of hydrogen-bond donors (Lipinski definition) is 0. The van der Waals surface area contributed by atoms with Crippen molar-refractivity contribution in [1.82, 2.24) is 0 Å². The van der Waals surface area contributed by atoms with Crippen LogP contribution in [0.1, 0.15) is 78.9 Å². The fourth-order valence-corrected chi connectivity index (χ4v) is 9.24. The number of carbonyl (C=O) groups excluding carboxylic acids is 4. The van der Waals surface area contributed by atoms with Crippen LogP contribution in [0.25, 0.3) is 0 Å². The van der Waals surface area contributed by atoms with E-state index >= 15 is 0 Å². The number of fused-ring (bicyclic) bond motifs is 3. The average molecular weight is 515 g/mol. The SMILES string of the molecule is CC(=O)O[C@@H]1CC(=O)OC(C)(C)[C@@H]2CC(=O)[C@]3(C)[C@H](CC[C@]4(C)[C@H](c5ccoc5)OC(=O)[C@@H]5O[C@@]543)[C@]12C. The number of epoxide rings is 1. The molecule has 5 fully saturated rings. The minimum absolute atomic E-state index is 0.0263. The highest BCUT2D eigenvalue weighted by atomic mass is 16.7. The molecule has 0 amide bonds. The fraction of sp³-hybridized carbons (Fsp3) is 0.714. The number of cyclic esters (lactones) is 2. The largest absolute Gasteiger partial charge is 0.472 e. The average Bonchev–Trinajstić information content (AvgIpc) is 3.38. The lowest BCUT2D eigenvalue weighted by Gasteiger charge is -2.66. The molecule has 0 unspecified atom stereocenters. The smallest absolute Gasteiger partial charge is 0.339 e. The van der Waals surface area contributed by atoms with Gasteiger partial charge in [0.25, 0.3) is 0 Å². The van der Waals surface area contributed by atoms with Crippen LogP contribution in [0, 0.1) is 28.1 Å². The molecule has 9 nitrogen and oxygen atoms in total. The Morgan fingerprint density at radius 3 is 2.41 bits per heavy atom. The maximum absolute atomic E-state index is 14.4. The van der Waals surface area contributed by atoms with Gasteiger partial charge in [-0.05, 0) is 45.6 Å². The number of carbonyl (C=O) groups is 4. The second-order valence-corrected chi connectivity index (χ2v) is 12.7. The standard InChI is InChI=1S/C28H34O9/c1-14(29)34-19-12-20(31)36-24(2,3)17-11-18(30)27(6)16(26(17,19)5)7-9-25(4)21(15-8-10-33-13-15)35-23(32)22-28(25,27)37-22/h8,10,13,16-17,19,21-22H,7,9,11-12H2,1-6H3/t16-,17+,19-,21+,22+,25-,26+,27+,28+/m1/s1. The molecule has 200 valence electrons. The van der Waals surface area contributed by atoms with Crippen LogP contribution in [0.3, 0.4) is 0 Å². The van der Waals surface area contributed by atoms with Gasteiger partial charge in [0.2, 0.25) is 0 Å². The number of esters is 3. The molecule has 0 aromatic carbocycles. The predicted molar refractivity (Wildman–Crippen MR) is 126 cm³/mol. The molecule has 5 aliphatic rings. The van der Waals surface area contributed by atoms with Gasteiger partial charge in [-0.1, -0.05) is 13.8 Å². The summed E-state index contributed by atoms with van der Waals surface area (Å²) in [4.78, 5) is 52.7. The maximum atomic E-state index is 14.4. The summed E-state index contributed by atoms with van der Waals surface area (Å²) in [7, 11) is 0. The van der Waals surface area contributed by atoms with Crippen LogP contribution in [0.5, 0.6) is 0 Å². The van der Waals surface area contributed by atoms with E-state index in [1.54, 1.807) is 12.3 Å². The van der Waals surface area contributed by atoms with E-state index in [0.29, 0.717) is 12.8 Å². The van der Waals surface area contributed by atoms with E-state index in [2.05, 4.69) is 0 Å². The van der Waals surface area contributed by atoms with Gasteiger partial charge in [-0.15, -0.1) is 0 Å². The zero-order chi connectivity index (χ0) is 26.8. The van der Waals surface area contributed by atoms with Crippen LogP contribution in [-0.2, 0) is 38.1 Å². The molecule has 1 aromatic heterocycles. The van der Waals surface area contributed by atoms with Crippen molar-refractivity contribution in [3.05, 3.63) is 24.2 Å². The lowest BCUT2D eigenvalue weighted by atomic mass is 9.37. The third-order valence-electron chi connectivity index (χ3n) is 10.8. The number of rotatable bonds is 2. The van der Waals surface area contributed by atoms with Crippen molar-refractivity contribution in [2.24, 2.45) is 28.1 Å². The topological polar surface area (TPSA) is 122 Å². The first-order valence-electron chi connectivity index (χ1n) is 13.1. The highest BCUT2D eigenvalue weighted by molar-refractivity contribution is 5.93. The molecule has 4 heterocycles. The fourth-order valence-electron chi connectivity index (χ4n) is 9.24. The molecule has 2 aliphatic carbocycles. The lowest BCUT2D eigenvalue weighted by molar-refractivity contribution is -0.234. The molecule has 3 aliphatic heterocycles. The first-order chi connectivity index (χ1) is 17.2. The summed E-state index contributed by atoms with van der Waals surface area (Å²) in [5.74, 6) is -2.18. The summed E-state index contributed by atoms with van der Waals surface area (Å²) in [6, 6.07) is 1.78. The summed E-state index contributed by atoms with van der Waals surface area (Å²) >= 11 is 0. The molecule has 6 rings (SSSR count). The van der Waals surface area contributed by atoms with Gasteiger partial charge in [-0.25, -0.2) is 4.79 Å². The van der Waals surface area contributed by atoms with Crippen LogP contribution >= 0.6 is 0 Å². The monoisotopic (exact) mass is 514 g/mol. The van der Waals surface area contributed by atoms with E-state index in [1.165, 1.54) is 13.2 Å². The summed E-state index contributed by atoms with van der Waals surface area (Å²) in [5, 5.41) is 0. The Hall–Kier alpha value is -2.68. The van der Waals surface area contributed by atoms with Gasteiger partial charge in [0.1, 0.15) is 29.2 Å². The highest BCUT2D eigenvalue weighted by Crippen LogP contribution is 2.78. The van der Waals surface area contributed by atoms with Crippen molar-refractivity contribution in [3.63, 3.8) is 0 Å².